The summed E-state index contributed by atoms with van der Waals surface area (Å²) < 4.78 is 4.77. The fourth-order valence-electron chi connectivity index (χ4n) is 2.85. The van der Waals surface area contributed by atoms with Gasteiger partial charge in [-0.05, 0) is 31.9 Å². The number of benzene rings is 1. The van der Waals surface area contributed by atoms with Gasteiger partial charge in [-0.3, -0.25) is 29.1 Å². The van der Waals surface area contributed by atoms with Crippen molar-refractivity contribution in [2.75, 3.05) is 19.7 Å². The van der Waals surface area contributed by atoms with Crippen molar-refractivity contribution in [2.45, 2.75) is 25.8 Å². The molecule has 1 aliphatic rings. The molecule has 1 aromatic rings. The molecule has 10 heteroatoms. The van der Waals surface area contributed by atoms with Crippen LogP contribution >= 0.6 is 0 Å². The van der Waals surface area contributed by atoms with Crippen LogP contribution in [0.3, 0.4) is 0 Å². The summed E-state index contributed by atoms with van der Waals surface area (Å²) in [4.78, 5) is 54.3. The van der Waals surface area contributed by atoms with Crippen LogP contribution in [0.4, 0.5) is 0 Å². The van der Waals surface area contributed by atoms with E-state index in [9.17, 15) is 19.2 Å². The lowest BCUT2D eigenvalue weighted by Gasteiger charge is -2.25. The molecule has 10 nitrogen and oxygen atoms in total. The first-order valence-electron chi connectivity index (χ1n) is 8.82. The Morgan fingerprint density at radius 1 is 1.18 bits per heavy atom. The van der Waals surface area contributed by atoms with E-state index in [1.165, 1.54) is 12.1 Å². The number of imide groups is 1. The Balaban J connectivity index is 2.17. The fraction of sp³-hybridized carbons (Fsp3) is 0.389. The largest absolute Gasteiger partial charge is 0.465 e. The number of nitrogens with zero attached hydrogens (tertiary/aromatic N) is 2. The molecule has 0 spiro atoms. The Morgan fingerprint density at radius 3 is 2.32 bits per heavy atom. The molecule has 0 aliphatic carbocycles. The van der Waals surface area contributed by atoms with Crippen molar-refractivity contribution >= 4 is 29.7 Å². The molecule has 0 fully saturated rings. The van der Waals surface area contributed by atoms with E-state index in [4.69, 9.17) is 16.2 Å². The number of fused-ring (bicyclic) bond motifs is 1. The molecule has 1 heterocycles. The SMILES string of the molecule is CCOC(=O)CNC(=O)C(CCCN=C(N)N)N1C(=O)c2ccccc2C1=O. The minimum absolute atomic E-state index is 0.0935. The molecule has 1 aliphatic heterocycles. The number of carbonyl (C=O) groups excluding carboxylic acids is 4. The molecule has 2 rings (SSSR count). The number of nitrogens with two attached hydrogens (primary N) is 2. The third-order valence-corrected chi connectivity index (χ3v) is 4.08. The molecule has 150 valence electrons. The molecule has 1 unspecified atom stereocenters. The van der Waals surface area contributed by atoms with E-state index in [1.807, 2.05) is 0 Å². The number of aliphatic imine (C=N–C) groups is 1. The molecule has 1 atom stereocenters. The van der Waals surface area contributed by atoms with Gasteiger partial charge >= 0.3 is 5.97 Å². The van der Waals surface area contributed by atoms with Gasteiger partial charge in [0.15, 0.2) is 5.96 Å². The lowest BCUT2D eigenvalue weighted by atomic mass is 10.1. The number of esters is 1. The lowest BCUT2D eigenvalue weighted by Crippen LogP contribution is -2.50. The van der Waals surface area contributed by atoms with Crippen LogP contribution in [0.5, 0.6) is 0 Å². The van der Waals surface area contributed by atoms with Crippen molar-refractivity contribution in [1.29, 1.82) is 0 Å². The maximum absolute atomic E-state index is 12.7. The standard InChI is InChI=1S/C18H23N5O5/c1-2-28-14(24)10-22-15(25)13(8-5-9-21-18(19)20)23-16(26)11-6-3-4-7-12(11)17(23)27/h3-4,6-7,13H,2,5,8-10H2,1H3,(H,22,25)(H4,19,20,21). The highest BCUT2D eigenvalue weighted by Crippen LogP contribution is 2.26. The number of hydrogen-bond acceptors (Lipinski definition) is 6. The Kier molecular flexibility index (Phi) is 7.08. The second-order valence-electron chi connectivity index (χ2n) is 6.01. The fourth-order valence-corrected chi connectivity index (χ4v) is 2.85. The Hall–Kier alpha value is -3.43. The average Bonchev–Trinajstić information content (AvgIpc) is 2.91. The van der Waals surface area contributed by atoms with E-state index in [1.54, 1.807) is 19.1 Å². The second kappa shape index (κ2) is 9.49. The summed E-state index contributed by atoms with van der Waals surface area (Å²) in [6.07, 6.45) is 0.486. The molecular weight excluding hydrogens is 366 g/mol. The summed E-state index contributed by atoms with van der Waals surface area (Å²) in [7, 11) is 0. The highest BCUT2D eigenvalue weighted by atomic mass is 16.5. The molecule has 0 saturated carbocycles. The van der Waals surface area contributed by atoms with Gasteiger partial charge in [0, 0.05) is 6.54 Å². The second-order valence-corrected chi connectivity index (χ2v) is 6.01. The van der Waals surface area contributed by atoms with Gasteiger partial charge in [0.2, 0.25) is 5.91 Å². The number of amides is 3. The molecule has 0 bridgehead atoms. The first-order valence-corrected chi connectivity index (χ1v) is 8.82. The summed E-state index contributed by atoms with van der Waals surface area (Å²) in [5.74, 6) is -2.45. The zero-order valence-electron chi connectivity index (χ0n) is 15.5. The number of rotatable bonds is 9. The van der Waals surface area contributed by atoms with E-state index < -0.39 is 29.7 Å². The zero-order valence-corrected chi connectivity index (χ0v) is 15.5. The van der Waals surface area contributed by atoms with Crippen LogP contribution in [0, 0.1) is 0 Å². The van der Waals surface area contributed by atoms with Crippen molar-refractivity contribution in [3.63, 3.8) is 0 Å². The van der Waals surface area contributed by atoms with Crippen molar-refractivity contribution in [1.82, 2.24) is 10.2 Å². The summed E-state index contributed by atoms with van der Waals surface area (Å²) in [5, 5.41) is 2.42. The third-order valence-electron chi connectivity index (χ3n) is 4.08. The number of hydrogen-bond donors (Lipinski definition) is 3. The van der Waals surface area contributed by atoms with E-state index >= 15 is 0 Å². The summed E-state index contributed by atoms with van der Waals surface area (Å²) in [6.45, 7) is 1.69. The van der Waals surface area contributed by atoms with E-state index in [-0.39, 0.29) is 43.2 Å². The van der Waals surface area contributed by atoms with Crippen LogP contribution in [0.15, 0.2) is 29.3 Å². The van der Waals surface area contributed by atoms with Crippen LogP contribution in [0.25, 0.3) is 0 Å². The van der Waals surface area contributed by atoms with Gasteiger partial charge in [0.25, 0.3) is 11.8 Å². The minimum atomic E-state index is -1.10. The summed E-state index contributed by atoms with van der Waals surface area (Å²) in [6, 6.07) is 5.24. The minimum Gasteiger partial charge on any atom is -0.465 e. The van der Waals surface area contributed by atoms with Gasteiger partial charge in [0.05, 0.1) is 17.7 Å². The van der Waals surface area contributed by atoms with Crippen LogP contribution in [0.1, 0.15) is 40.5 Å². The molecule has 0 saturated heterocycles. The van der Waals surface area contributed by atoms with Crippen molar-refractivity contribution in [3.8, 4) is 0 Å². The maximum Gasteiger partial charge on any atom is 0.325 e. The highest BCUT2D eigenvalue weighted by Gasteiger charge is 2.42. The van der Waals surface area contributed by atoms with Gasteiger partial charge in [-0.15, -0.1) is 0 Å². The molecule has 0 radical (unpaired) electrons. The van der Waals surface area contributed by atoms with E-state index in [2.05, 4.69) is 10.3 Å². The molecular formula is C18H23N5O5. The Morgan fingerprint density at radius 2 is 1.79 bits per heavy atom. The molecule has 0 aromatic heterocycles. The van der Waals surface area contributed by atoms with Gasteiger partial charge in [-0.25, -0.2) is 0 Å². The van der Waals surface area contributed by atoms with Crippen LogP contribution in [-0.4, -0.2) is 60.3 Å². The van der Waals surface area contributed by atoms with Crippen molar-refractivity contribution < 1.29 is 23.9 Å². The average molecular weight is 389 g/mol. The molecule has 5 N–H and O–H groups in total. The van der Waals surface area contributed by atoms with Crippen molar-refractivity contribution in [3.05, 3.63) is 35.4 Å². The van der Waals surface area contributed by atoms with Gasteiger partial charge in [-0.2, -0.15) is 0 Å². The first-order chi connectivity index (χ1) is 13.4. The monoisotopic (exact) mass is 389 g/mol. The number of guanidine groups is 1. The normalized spacial score (nSPS) is 13.7. The predicted octanol–water partition coefficient (Wildman–Crippen LogP) is -0.616. The zero-order chi connectivity index (χ0) is 20.7. The van der Waals surface area contributed by atoms with Gasteiger partial charge < -0.3 is 21.5 Å². The Bertz CT molecular complexity index is 768. The molecule has 3 amide bonds. The van der Waals surface area contributed by atoms with Crippen LogP contribution in [-0.2, 0) is 14.3 Å². The van der Waals surface area contributed by atoms with Crippen molar-refractivity contribution in [2.24, 2.45) is 16.5 Å². The predicted molar refractivity (Wildman–Crippen MR) is 100 cm³/mol. The van der Waals surface area contributed by atoms with Gasteiger partial charge in [0.1, 0.15) is 12.6 Å². The summed E-state index contributed by atoms with van der Waals surface area (Å²) in [5.41, 5.74) is 11.0. The number of nitrogens with one attached hydrogen (secondary N) is 1. The van der Waals surface area contributed by atoms with Gasteiger partial charge in [-0.1, -0.05) is 12.1 Å². The first kappa shape index (κ1) is 20.9. The van der Waals surface area contributed by atoms with E-state index in [0.717, 1.165) is 4.90 Å². The number of carbonyl (C=O) groups is 4. The van der Waals surface area contributed by atoms with Crippen LogP contribution in [0.2, 0.25) is 0 Å². The highest BCUT2D eigenvalue weighted by molar-refractivity contribution is 6.22. The third kappa shape index (κ3) is 4.84. The van der Waals surface area contributed by atoms with E-state index in [0.29, 0.717) is 6.42 Å². The molecule has 1 aromatic carbocycles. The Labute approximate surface area is 161 Å². The smallest absolute Gasteiger partial charge is 0.325 e. The topological polar surface area (TPSA) is 157 Å². The molecule has 28 heavy (non-hydrogen) atoms. The maximum atomic E-state index is 12.7. The number of ether oxygens (including phenoxy) is 1. The summed E-state index contributed by atoms with van der Waals surface area (Å²) >= 11 is 0. The lowest BCUT2D eigenvalue weighted by molar-refractivity contribution is -0.143. The van der Waals surface area contributed by atoms with Crippen LogP contribution < -0.4 is 16.8 Å². The quantitative estimate of drug-likeness (QED) is 0.167.